The normalized spacial score (nSPS) is 21.8. The lowest BCUT2D eigenvalue weighted by atomic mass is 9.85. The van der Waals surface area contributed by atoms with Gasteiger partial charge in [0.1, 0.15) is 11.6 Å². The van der Waals surface area contributed by atoms with Gasteiger partial charge in [0.05, 0.1) is 36.9 Å². The summed E-state index contributed by atoms with van der Waals surface area (Å²) in [5.74, 6) is 0.655. The van der Waals surface area contributed by atoms with E-state index in [0.717, 1.165) is 65.1 Å². The summed E-state index contributed by atoms with van der Waals surface area (Å²) in [4.78, 5) is 31.3. The second-order valence-corrected chi connectivity index (χ2v) is 9.94. The van der Waals surface area contributed by atoms with Crippen molar-refractivity contribution in [3.63, 3.8) is 0 Å². The zero-order valence-electron chi connectivity index (χ0n) is 21.1. The van der Waals surface area contributed by atoms with Crippen molar-refractivity contribution in [2.45, 2.75) is 64.0 Å². The first-order chi connectivity index (χ1) is 17.4. The van der Waals surface area contributed by atoms with Crippen LogP contribution in [0.2, 0.25) is 0 Å². The minimum atomic E-state index is -0.721. The number of aliphatic carboxylic acids is 1. The Balaban J connectivity index is 1.63. The van der Waals surface area contributed by atoms with Crippen LogP contribution in [0.1, 0.15) is 62.0 Å². The number of nitrogens with zero attached hydrogens (tertiary/aromatic N) is 3. The highest BCUT2D eigenvalue weighted by molar-refractivity contribution is 5.95. The summed E-state index contributed by atoms with van der Waals surface area (Å²) in [7, 11) is 3.06. The van der Waals surface area contributed by atoms with Crippen molar-refractivity contribution in [1.82, 2.24) is 9.55 Å². The van der Waals surface area contributed by atoms with E-state index in [0.29, 0.717) is 19.3 Å². The summed E-state index contributed by atoms with van der Waals surface area (Å²) >= 11 is 0. The fraction of sp³-hybridized carbons (Fsp3) is 0.464. The fourth-order valence-corrected chi connectivity index (χ4v) is 5.90. The number of carboxylic acid groups (broad SMARTS) is 1. The van der Waals surface area contributed by atoms with Gasteiger partial charge < -0.3 is 19.1 Å². The lowest BCUT2D eigenvalue weighted by Gasteiger charge is -2.34. The van der Waals surface area contributed by atoms with E-state index in [1.807, 2.05) is 43.3 Å². The van der Waals surface area contributed by atoms with Gasteiger partial charge in [-0.15, -0.1) is 0 Å². The molecule has 1 aliphatic heterocycles. The third-order valence-electron chi connectivity index (χ3n) is 7.78. The Morgan fingerprint density at radius 1 is 1.08 bits per heavy atom. The standard InChI is InChI=1S/C28H33N3O5/c1-17-7-12-22-23(30(17)28(34)36-3)13-14-24-26(22)29-25(15-18-8-10-21(35-2)11-9-18)31(24)20-6-4-5-19(16-20)27(32)33/h8-11,13-14,17,19-20H,4-7,12,15-16H2,1-3H3,(H,32,33)/t17-,19+,20+/m0/s1. The Kier molecular flexibility index (Phi) is 6.60. The smallest absolute Gasteiger partial charge is 0.414 e. The Bertz CT molecular complexity index is 1280. The van der Waals surface area contributed by atoms with Crippen LogP contribution in [0.25, 0.3) is 11.0 Å². The number of aryl methyl sites for hydroxylation is 1. The predicted octanol–water partition coefficient (Wildman–Crippen LogP) is 5.36. The number of hydrogen-bond donors (Lipinski definition) is 1. The number of anilines is 1. The maximum Gasteiger partial charge on any atom is 0.414 e. The molecule has 0 radical (unpaired) electrons. The molecule has 190 valence electrons. The summed E-state index contributed by atoms with van der Waals surface area (Å²) in [6, 6.07) is 12.1. The molecule has 2 heterocycles. The zero-order chi connectivity index (χ0) is 25.4. The number of hydrogen-bond acceptors (Lipinski definition) is 5. The summed E-state index contributed by atoms with van der Waals surface area (Å²) in [5.41, 5.74) is 4.91. The Hall–Kier alpha value is -3.55. The van der Waals surface area contributed by atoms with E-state index in [4.69, 9.17) is 14.5 Å². The molecule has 2 aliphatic rings. The third kappa shape index (κ3) is 4.29. The molecule has 0 unspecified atom stereocenters. The lowest BCUT2D eigenvalue weighted by molar-refractivity contribution is -0.143. The van der Waals surface area contributed by atoms with Gasteiger partial charge in [0.25, 0.3) is 0 Å². The molecule has 1 amide bonds. The number of carboxylic acids is 1. The average Bonchev–Trinajstić information content (AvgIpc) is 3.26. The van der Waals surface area contributed by atoms with Crippen molar-refractivity contribution in [1.29, 1.82) is 0 Å². The zero-order valence-corrected chi connectivity index (χ0v) is 21.1. The van der Waals surface area contributed by atoms with Crippen LogP contribution in [0.3, 0.4) is 0 Å². The van der Waals surface area contributed by atoms with Crippen molar-refractivity contribution < 1.29 is 24.2 Å². The first-order valence-electron chi connectivity index (χ1n) is 12.7. The Morgan fingerprint density at radius 3 is 2.56 bits per heavy atom. The first kappa shape index (κ1) is 24.2. The Labute approximate surface area is 210 Å². The van der Waals surface area contributed by atoms with Crippen LogP contribution in [0.5, 0.6) is 5.75 Å². The average molecular weight is 492 g/mol. The van der Waals surface area contributed by atoms with Crippen molar-refractivity contribution in [3.8, 4) is 5.75 Å². The van der Waals surface area contributed by atoms with Gasteiger partial charge in [-0.05, 0) is 68.9 Å². The number of fused-ring (bicyclic) bond motifs is 3. The molecule has 2 aromatic carbocycles. The second-order valence-electron chi connectivity index (χ2n) is 9.94. The molecule has 8 nitrogen and oxygen atoms in total. The van der Waals surface area contributed by atoms with Crippen LogP contribution in [0.15, 0.2) is 36.4 Å². The number of benzene rings is 2. The molecule has 0 bridgehead atoms. The van der Waals surface area contributed by atoms with Gasteiger partial charge in [0.2, 0.25) is 0 Å². The molecule has 0 saturated heterocycles. The molecule has 0 spiro atoms. The van der Waals surface area contributed by atoms with Gasteiger partial charge in [-0.2, -0.15) is 0 Å². The highest BCUT2D eigenvalue weighted by atomic mass is 16.5. The number of methoxy groups -OCH3 is 2. The molecular formula is C28H33N3O5. The molecule has 1 aromatic heterocycles. The highest BCUT2D eigenvalue weighted by Crippen LogP contribution is 2.41. The number of aromatic nitrogens is 2. The van der Waals surface area contributed by atoms with Crippen molar-refractivity contribution in [2.75, 3.05) is 19.1 Å². The van der Waals surface area contributed by atoms with Crippen LogP contribution in [0.4, 0.5) is 10.5 Å². The van der Waals surface area contributed by atoms with Gasteiger partial charge in [0.15, 0.2) is 0 Å². The van der Waals surface area contributed by atoms with Crippen LogP contribution in [-0.2, 0) is 22.4 Å². The highest BCUT2D eigenvalue weighted by Gasteiger charge is 2.34. The van der Waals surface area contributed by atoms with E-state index < -0.39 is 5.97 Å². The summed E-state index contributed by atoms with van der Waals surface area (Å²) in [6.07, 6.45) is 5.02. The number of imidazole rings is 1. The van der Waals surface area contributed by atoms with E-state index in [1.165, 1.54) is 7.11 Å². The van der Waals surface area contributed by atoms with E-state index in [9.17, 15) is 14.7 Å². The molecular weight excluding hydrogens is 458 g/mol. The molecule has 3 aromatic rings. The number of ether oxygens (including phenoxy) is 2. The number of carbonyl (C=O) groups excluding carboxylic acids is 1. The minimum Gasteiger partial charge on any atom is -0.497 e. The van der Waals surface area contributed by atoms with E-state index in [1.54, 1.807) is 12.0 Å². The van der Waals surface area contributed by atoms with Gasteiger partial charge in [-0.25, -0.2) is 9.78 Å². The van der Waals surface area contributed by atoms with Gasteiger partial charge in [-0.3, -0.25) is 9.69 Å². The quantitative estimate of drug-likeness (QED) is 0.516. The van der Waals surface area contributed by atoms with Crippen LogP contribution in [-0.4, -0.2) is 47.0 Å². The number of carbonyl (C=O) groups is 2. The Morgan fingerprint density at radius 2 is 1.86 bits per heavy atom. The van der Waals surface area contributed by atoms with Crippen molar-refractivity contribution in [2.24, 2.45) is 5.92 Å². The lowest BCUT2D eigenvalue weighted by Crippen LogP contribution is -2.42. The maximum atomic E-state index is 12.6. The molecule has 5 rings (SSSR count). The first-order valence-corrected chi connectivity index (χ1v) is 12.7. The summed E-state index contributed by atoms with van der Waals surface area (Å²) < 4.78 is 12.7. The van der Waals surface area contributed by atoms with Crippen molar-refractivity contribution in [3.05, 3.63) is 53.3 Å². The summed E-state index contributed by atoms with van der Waals surface area (Å²) in [6.45, 7) is 2.03. The van der Waals surface area contributed by atoms with E-state index >= 15 is 0 Å². The molecule has 3 atom stereocenters. The van der Waals surface area contributed by atoms with Crippen molar-refractivity contribution >= 4 is 28.8 Å². The van der Waals surface area contributed by atoms with Crippen LogP contribution >= 0.6 is 0 Å². The topological polar surface area (TPSA) is 93.9 Å². The van der Waals surface area contributed by atoms with E-state index in [2.05, 4.69) is 4.57 Å². The van der Waals surface area contributed by atoms with Crippen LogP contribution < -0.4 is 9.64 Å². The fourth-order valence-electron chi connectivity index (χ4n) is 5.90. The molecule has 36 heavy (non-hydrogen) atoms. The molecule has 8 heteroatoms. The summed E-state index contributed by atoms with van der Waals surface area (Å²) in [5, 5.41) is 9.72. The molecule has 1 aliphatic carbocycles. The largest absolute Gasteiger partial charge is 0.497 e. The predicted molar refractivity (Wildman–Crippen MR) is 137 cm³/mol. The monoisotopic (exact) mass is 491 g/mol. The third-order valence-corrected chi connectivity index (χ3v) is 7.78. The number of rotatable bonds is 5. The minimum absolute atomic E-state index is 0.0397. The number of amides is 1. The van der Waals surface area contributed by atoms with Gasteiger partial charge in [0, 0.05) is 24.1 Å². The maximum absolute atomic E-state index is 12.6. The SMILES string of the molecule is COC(=O)N1c2ccc3c(nc(Cc4ccc(OC)cc4)n3[C@@H]3CCC[C@@H](C(=O)O)C3)c2CC[C@@H]1C. The van der Waals surface area contributed by atoms with Gasteiger partial charge >= 0.3 is 12.1 Å². The molecule has 1 saturated carbocycles. The van der Waals surface area contributed by atoms with E-state index in [-0.39, 0.29) is 24.1 Å². The molecule has 1 fully saturated rings. The second kappa shape index (κ2) is 9.84. The molecule has 1 N–H and O–H groups in total. The van der Waals surface area contributed by atoms with Crippen LogP contribution in [0, 0.1) is 5.92 Å². The van der Waals surface area contributed by atoms with Gasteiger partial charge in [-0.1, -0.05) is 18.6 Å².